The number of alkyl halides is 3. The third-order valence-electron chi connectivity index (χ3n) is 2.88. The first-order valence-corrected chi connectivity index (χ1v) is 5.38. The van der Waals surface area contributed by atoms with Gasteiger partial charge in [-0.2, -0.15) is 13.2 Å². The molecule has 88 valence electrons. The maximum Gasteiger partial charge on any atom is 0.403 e. The number of hydrogen-bond donors (Lipinski definition) is 1. The molecule has 0 bridgehead atoms. The Morgan fingerprint density at radius 3 is 2.56 bits per heavy atom. The van der Waals surface area contributed by atoms with Crippen molar-refractivity contribution in [1.82, 2.24) is 0 Å². The lowest BCUT2D eigenvalue weighted by atomic mass is 10.0. The van der Waals surface area contributed by atoms with Crippen LogP contribution in [0.4, 0.5) is 13.2 Å². The Labute approximate surface area is 92.5 Å². The molecule has 0 heterocycles. The Kier molecular flexibility index (Phi) is 2.93. The summed E-state index contributed by atoms with van der Waals surface area (Å²) < 4.78 is 36.8. The SMILES string of the molecule is NC(Cc1cccc(C2CC2)c1)C(F)(F)F. The molecule has 0 aliphatic heterocycles. The van der Waals surface area contributed by atoms with E-state index in [1.54, 1.807) is 6.07 Å². The second-order valence-corrected chi connectivity index (χ2v) is 4.37. The van der Waals surface area contributed by atoms with Crippen molar-refractivity contribution < 1.29 is 13.2 Å². The molecule has 1 aromatic rings. The van der Waals surface area contributed by atoms with Crippen LogP contribution in [0.2, 0.25) is 0 Å². The van der Waals surface area contributed by atoms with Crippen LogP contribution in [0.5, 0.6) is 0 Å². The van der Waals surface area contributed by atoms with E-state index < -0.39 is 12.2 Å². The van der Waals surface area contributed by atoms with Crippen LogP contribution in [0.3, 0.4) is 0 Å². The van der Waals surface area contributed by atoms with Crippen LogP contribution in [0.1, 0.15) is 29.9 Å². The molecule has 4 heteroatoms. The number of benzene rings is 1. The quantitative estimate of drug-likeness (QED) is 0.847. The Bertz CT molecular complexity index is 369. The first-order chi connectivity index (χ1) is 7.47. The average molecular weight is 229 g/mol. The van der Waals surface area contributed by atoms with Crippen LogP contribution in [0.25, 0.3) is 0 Å². The van der Waals surface area contributed by atoms with E-state index in [0.29, 0.717) is 11.5 Å². The molecule has 1 aromatic carbocycles. The topological polar surface area (TPSA) is 26.0 Å². The highest BCUT2D eigenvalue weighted by Gasteiger charge is 2.36. The lowest BCUT2D eigenvalue weighted by Crippen LogP contribution is -2.39. The number of hydrogen-bond acceptors (Lipinski definition) is 1. The van der Waals surface area contributed by atoms with Gasteiger partial charge in [-0.05, 0) is 36.3 Å². The van der Waals surface area contributed by atoms with Crippen LogP contribution < -0.4 is 5.73 Å². The fraction of sp³-hybridized carbons (Fsp3) is 0.500. The first kappa shape index (κ1) is 11.5. The molecule has 0 radical (unpaired) electrons. The highest BCUT2D eigenvalue weighted by molar-refractivity contribution is 5.29. The fourth-order valence-electron chi connectivity index (χ4n) is 1.76. The maximum absolute atomic E-state index is 12.3. The average Bonchev–Trinajstić information content (AvgIpc) is 2.99. The molecule has 1 saturated carbocycles. The van der Waals surface area contributed by atoms with E-state index in [-0.39, 0.29) is 6.42 Å². The van der Waals surface area contributed by atoms with E-state index in [1.807, 2.05) is 18.2 Å². The van der Waals surface area contributed by atoms with Gasteiger partial charge in [-0.25, -0.2) is 0 Å². The minimum Gasteiger partial charge on any atom is -0.320 e. The standard InChI is InChI=1S/C12H14F3N/c13-12(14,15)11(16)7-8-2-1-3-10(6-8)9-4-5-9/h1-3,6,9,11H,4-5,7,16H2. The lowest BCUT2D eigenvalue weighted by molar-refractivity contribution is -0.147. The lowest BCUT2D eigenvalue weighted by Gasteiger charge is -2.15. The molecule has 1 fully saturated rings. The summed E-state index contributed by atoms with van der Waals surface area (Å²) in [6.45, 7) is 0. The Balaban J connectivity index is 2.06. The van der Waals surface area contributed by atoms with E-state index in [9.17, 15) is 13.2 Å². The Hall–Kier alpha value is -1.03. The predicted molar refractivity (Wildman–Crippen MR) is 56.2 cm³/mol. The van der Waals surface area contributed by atoms with Crippen LogP contribution in [-0.4, -0.2) is 12.2 Å². The number of rotatable bonds is 3. The predicted octanol–water partition coefficient (Wildman–Crippen LogP) is 3.00. The van der Waals surface area contributed by atoms with Crippen molar-refractivity contribution in [3.05, 3.63) is 35.4 Å². The van der Waals surface area contributed by atoms with Crippen molar-refractivity contribution in [2.45, 2.75) is 37.4 Å². The molecule has 0 aromatic heterocycles. The molecule has 1 aliphatic carbocycles. The van der Waals surface area contributed by atoms with Crippen molar-refractivity contribution >= 4 is 0 Å². The van der Waals surface area contributed by atoms with Gasteiger partial charge in [0.25, 0.3) is 0 Å². The summed E-state index contributed by atoms with van der Waals surface area (Å²) in [6.07, 6.45) is -2.15. The van der Waals surface area contributed by atoms with E-state index >= 15 is 0 Å². The highest BCUT2D eigenvalue weighted by atomic mass is 19.4. The van der Waals surface area contributed by atoms with Crippen LogP contribution in [0, 0.1) is 0 Å². The molecule has 2 rings (SSSR count). The minimum absolute atomic E-state index is 0.135. The van der Waals surface area contributed by atoms with E-state index in [4.69, 9.17) is 5.73 Å². The molecule has 0 spiro atoms. The van der Waals surface area contributed by atoms with Gasteiger partial charge in [-0.15, -0.1) is 0 Å². The summed E-state index contributed by atoms with van der Waals surface area (Å²) in [5, 5.41) is 0. The molecule has 0 saturated heterocycles. The van der Waals surface area contributed by atoms with Crippen LogP contribution in [-0.2, 0) is 6.42 Å². The van der Waals surface area contributed by atoms with Crippen molar-refractivity contribution in [3.8, 4) is 0 Å². The van der Waals surface area contributed by atoms with Crippen molar-refractivity contribution in [1.29, 1.82) is 0 Å². The summed E-state index contributed by atoms with van der Waals surface area (Å²) in [6, 6.07) is 5.58. The van der Waals surface area contributed by atoms with Gasteiger partial charge in [0.05, 0.1) is 0 Å². The van der Waals surface area contributed by atoms with Crippen LogP contribution in [0.15, 0.2) is 24.3 Å². The van der Waals surface area contributed by atoms with Gasteiger partial charge in [0.15, 0.2) is 0 Å². The summed E-state index contributed by atoms with van der Waals surface area (Å²) >= 11 is 0. The number of nitrogens with two attached hydrogens (primary N) is 1. The van der Waals surface area contributed by atoms with Gasteiger partial charge in [0.1, 0.15) is 6.04 Å². The normalized spacial score (nSPS) is 18.5. The maximum atomic E-state index is 12.3. The third kappa shape index (κ3) is 2.76. The third-order valence-corrected chi connectivity index (χ3v) is 2.88. The molecule has 2 N–H and O–H groups in total. The van der Waals surface area contributed by atoms with E-state index in [2.05, 4.69) is 0 Å². The van der Waals surface area contributed by atoms with Crippen molar-refractivity contribution in [2.75, 3.05) is 0 Å². The molecule has 1 unspecified atom stereocenters. The molecule has 0 amide bonds. The molecule has 1 nitrogen and oxygen atoms in total. The van der Waals surface area contributed by atoms with Gasteiger partial charge in [0, 0.05) is 0 Å². The molecule has 1 atom stereocenters. The first-order valence-electron chi connectivity index (χ1n) is 5.38. The smallest absolute Gasteiger partial charge is 0.320 e. The van der Waals surface area contributed by atoms with E-state index in [1.165, 1.54) is 0 Å². The minimum atomic E-state index is -4.31. The van der Waals surface area contributed by atoms with Gasteiger partial charge in [-0.1, -0.05) is 24.3 Å². The molecule has 16 heavy (non-hydrogen) atoms. The summed E-state index contributed by atoms with van der Waals surface area (Å²) in [4.78, 5) is 0. The summed E-state index contributed by atoms with van der Waals surface area (Å²) in [7, 11) is 0. The fourth-order valence-corrected chi connectivity index (χ4v) is 1.76. The second-order valence-electron chi connectivity index (χ2n) is 4.37. The second kappa shape index (κ2) is 4.09. The zero-order chi connectivity index (χ0) is 11.8. The molecular formula is C12H14F3N. The Morgan fingerprint density at radius 2 is 2.00 bits per heavy atom. The summed E-state index contributed by atoms with van der Waals surface area (Å²) in [5.74, 6) is 0.557. The zero-order valence-corrected chi connectivity index (χ0v) is 8.80. The zero-order valence-electron chi connectivity index (χ0n) is 8.80. The largest absolute Gasteiger partial charge is 0.403 e. The molecule has 1 aliphatic rings. The van der Waals surface area contributed by atoms with Crippen LogP contribution >= 0.6 is 0 Å². The van der Waals surface area contributed by atoms with Gasteiger partial charge in [-0.3, -0.25) is 0 Å². The van der Waals surface area contributed by atoms with E-state index in [0.717, 1.165) is 18.4 Å². The van der Waals surface area contributed by atoms with Crippen molar-refractivity contribution in [3.63, 3.8) is 0 Å². The highest BCUT2D eigenvalue weighted by Crippen LogP contribution is 2.40. The van der Waals surface area contributed by atoms with Gasteiger partial charge in [0.2, 0.25) is 0 Å². The molecular weight excluding hydrogens is 215 g/mol. The monoisotopic (exact) mass is 229 g/mol. The number of halogens is 3. The van der Waals surface area contributed by atoms with Gasteiger partial charge >= 0.3 is 6.18 Å². The van der Waals surface area contributed by atoms with Gasteiger partial charge < -0.3 is 5.73 Å². The summed E-state index contributed by atoms with van der Waals surface area (Å²) in [5.41, 5.74) is 6.92. The van der Waals surface area contributed by atoms with Crippen molar-refractivity contribution in [2.24, 2.45) is 5.73 Å². The Morgan fingerprint density at radius 1 is 1.31 bits per heavy atom.